The van der Waals surface area contributed by atoms with Crippen molar-refractivity contribution in [3.8, 4) is 5.75 Å². The fourth-order valence-electron chi connectivity index (χ4n) is 2.06. The Hall–Kier alpha value is -1.81. The molecule has 1 aromatic heterocycles. The summed E-state index contributed by atoms with van der Waals surface area (Å²) in [6.07, 6.45) is 5.59. The van der Waals surface area contributed by atoms with Crippen LogP contribution in [-0.4, -0.2) is 29.7 Å². The number of hydrogen-bond acceptors (Lipinski definition) is 3. The van der Waals surface area contributed by atoms with E-state index < -0.39 is 0 Å². The van der Waals surface area contributed by atoms with Gasteiger partial charge < -0.3 is 15.0 Å². The van der Waals surface area contributed by atoms with Crippen LogP contribution in [-0.2, 0) is 12.8 Å². The number of benzene rings is 1. The highest BCUT2D eigenvalue weighted by molar-refractivity contribution is 5.27. The molecular weight excluding hydrogens is 238 g/mol. The Bertz CT molecular complexity index is 465. The maximum atomic E-state index is 5.16. The Morgan fingerprint density at radius 1 is 1.32 bits per heavy atom. The Morgan fingerprint density at radius 3 is 2.74 bits per heavy atom. The number of nitrogens with zero attached hydrogens (tertiary/aromatic N) is 1. The number of nitrogens with one attached hydrogen (secondary N) is 2. The van der Waals surface area contributed by atoms with Crippen LogP contribution in [0.15, 0.2) is 36.8 Å². The number of aromatic amines is 1. The van der Waals surface area contributed by atoms with Crippen LogP contribution in [0.3, 0.4) is 0 Å². The minimum Gasteiger partial charge on any atom is -0.497 e. The number of ether oxygens (including phenoxy) is 1. The fraction of sp³-hybridized carbons (Fsp3) is 0.400. The van der Waals surface area contributed by atoms with Crippen molar-refractivity contribution in [1.29, 1.82) is 0 Å². The van der Waals surface area contributed by atoms with Crippen LogP contribution in [0.1, 0.15) is 18.2 Å². The van der Waals surface area contributed by atoms with Gasteiger partial charge in [0.05, 0.1) is 13.4 Å². The second-order valence-corrected chi connectivity index (χ2v) is 4.73. The van der Waals surface area contributed by atoms with E-state index in [1.54, 1.807) is 13.4 Å². The first-order chi connectivity index (χ1) is 9.28. The Morgan fingerprint density at radius 2 is 2.11 bits per heavy atom. The summed E-state index contributed by atoms with van der Waals surface area (Å²) in [6, 6.07) is 8.70. The van der Waals surface area contributed by atoms with Gasteiger partial charge in [0.1, 0.15) is 5.75 Å². The molecule has 2 rings (SSSR count). The zero-order valence-electron chi connectivity index (χ0n) is 11.5. The van der Waals surface area contributed by atoms with E-state index in [-0.39, 0.29) is 0 Å². The third-order valence-electron chi connectivity index (χ3n) is 3.14. The SMILES string of the molecule is COc1ccc(CC(C)NCCc2cnc[nH]2)cc1. The fourth-order valence-corrected chi connectivity index (χ4v) is 2.06. The smallest absolute Gasteiger partial charge is 0.118 e. The first kappa shape index (κ1) is 13.6. The number of imidazole rings is 1. The molecule has 102 valence electrons. The van der Waals surface area contributed by atoms with Gasteiger partial charge >= 0.3 is 0 Å². The molecule has 0 spiro atoms. The molecule has 1 unspecified atom stereocenters. The summed E-state index contributed by atoms with van der Waals surface area (Å²) < 4.78 is 5.16. The lowest BCUT2D eigenvalue weighted by molar-refractivity contribution is 0.414. The highest BCUT2D eigenvalue weighted by Gasteiger charge is 2.03. The predicted molar refractivity (Wildman–Crippen MR) is 76.5 cm³/mol. The van der Waals surface area contributed by atoms with E-state index in [1.807, 2.05) is 18.3 Å². The molecule has 0 bridgehead atoms. The van der Waals surface area contributed by atoms with Gasteiger partial charge in [0, 0.05) is 30.9 Å². The topological polar surface area (TPSA) is 49.9 Å². The Balaban J connectivity index is 1.72. The van der Waals surface area contributed by atoms with E-state index >= 15 is 0 Å². The maximum absolute atomic E-state index is 5.16. The predicted octanol–water partition coefficient (Wildman–Crippen LogP) is 2.18. The van der Waals surface area contributed by atoms with Crippen molar-refractivity contribution in [2.45, 2.75) is 25.8 Å². The van der Waals surface area contributed by atoms with Gasteiger partial charge in [-0.2, -0.15) is 0 Å². The summed E-state index contributed by atoms with van der Waals surface area (Å²) in [4.78, 5) is 7.12. The van der Waals surface area contributed by atoms with Crippen molar-refractivity contribution < 1.29 is 4.74 Å². The zero-order valence-corrected chi connectivity index (χ0v) is 11.5. The molecule has 0 aliphatic rings. The van der Waals surface area contributed by atoms with Gasteiger partial charge in [-0.05, 0) is 31.0 Å². The third-order valence-corrected chi connectivity index (χ3v) is 3.14. The van der Waals surface area contributed by atoms with E-state index in [9.17, 15) is 0 Å². The van der Waals surface area contributed by atoms with Crippen LogP contribution in [0.2, 0.25) is 0 Å². The van der Waals surface area contributed by atoms with Gasteiger partial charge in [-0.25, -0.2) is 4.98 Å². The number of hydrogen-bond donors (Lipinski definition) is 2. The zero-order chi connectivity index (χ0) is 13.5. The summed E-state index contributed by atoms with van der Waals surface area (Å²) in [7, 11) is 1.69. The van der Waals surface area contributed by atoms with E-state index in [1.165, 1.54) is 11.3 Å². The van der Waals surface area contributed by atoms with Gasteiger partial charge in [0.15, 0.2) is 0 Å². The molecule has 0 saturated heterocycles. The van der Waals surface area contributed by atoms with Crippen LogP contribution >= 0.6 is 0 Å². The molecule has 0 amide bonds. The van der Waals surface area contributed by atoms with Crippen LogP contribution in [0.4, 0.5) is 0 Å². The van der Waals surface area contributed by atoms with Crippen LogP contribution in [0.5, 0.6) is 5.75 Å². The third kappa shape index (κ3) is 4.41. The standard InChI is InChI=1S/C15H21N3O/c1-12(17-8-7-14-10-16-11-18-14)9-13-3-5-15(19-2)6-4-13/h3-6,10-12,17H,7-9H2,1-2H3,(H,16,18). The molecule has 4 nitrogen and oxygen atoms in total. The van der Waals surface area contributed by atoms with Crippen LogP contribution < -0.4 is 10.1 Å². The summed E-state index contributed by atoms with van der Waals surface area (Å²) in [5.74, 6) is 0.906. The lowest BCUT2D eigenvalue weighted by Crippen LogP contribution is -2.30. The summed E-state index contributed by atoms with van der Waals surface area (Å²) in [5.41, 5.74) is 2.49. The van der Waals surface area contributed by atoms with Crippen LogP contribution in [0, 0.1) is 0 Å². The van der Waals surface area contributed by atoms with E-state index in [2.05, 4.69) is 34.3 Å². The molecule has 1 heterocycles. The molecule has 0 saturated carbocycles. The summed E-state index contributed by atoms with van der Waals surface area (Å²) >= 11 is 0. The molecule has 0 fully saturated rings. The van der Waals surface area contributed by atoms with Gasteiger partial charge in [0.2, 0.25) is 0 Å². The van der Waals surface area contributed by atoms with Gasteiger partial charge in [-0.15, -0.1) is 0 Å². The highest BCUT2D eigenvalue weighted by atomic mass is 16.5. The molecule has 4 heteroatoms. The molecular formula is C15H21N3O. The van der Waals surface area contributed by atoms with Gasteiger partial charge in [-0.3, -0.25) is 0 Å². The van der Waals surface area contributed by atoms with Crippen molar-refractivity contribution in [3.63, 3.8) is 0 Å². The molecule has 0 radical (unpaired) electrons. The second kappa shape index (κ2) is 6.95. The van der Waals surface area contributed by atoms with E-state index in [4.69, 9.17) is 4.74 Å². The van der Waals surface area contributed by atoms with Crippen molar-refractivity contribution in [2.75, 3.05) is 13.7 Å². The van der Waals surface area contributed by atoms with Crippen molar-refractivity contribution in [3.05, 3.63) is 48.0 Å². The lowest BCUT2D eigenvalue weighted by atomic mass is 10.1. The van der Waals surface area contributed by atoms with E-state index in [0.29, 0.717) is 6.04 Å². The Kier molecular flexibility index (Phi) is 4.98. The number of rotatable bonds is 7. The first-order valence-electron chi connectivity index (χ1n) is 6.61. The van der Waals surface area contributed by atoms with Crippen molar-refractivity contribution in [1.82, 2.24) is 15.3 Å². The minimum atomic E-state index is 0.455. The van der Waals surface area contributed by atoms with Crippen molar-refractivity contribution >= 4 is 0 Å². The molecule has 1 atom stereocenters. The maximum Gasteiger partial charge on any atom is 0.118 e. The molecule has 0 aliphatic carbocycles. The summed E-state index contributed by atoms with van der Waals surface area (Å²) in [6.45, 7) is 3.16. The normalized spacial score (nSPS) is 12.3. The second-order valence-electron chi connectivity index (χ2n) is 4.73. The molecule has 1 aromatic carbocycles. The molecule has 0 aliphatic heterocycles. The van der Waals surface area contributed by atoms with Gasteiger partial charge in [-0.1, -0.05) is 12.1 Å². The lowest BCUT2D eigenvalue weighted by Gasteiger charge is -2.13. The minimum absolute atomic E-state index is 0.455. The average molecular weight is 259 g/mol. The van der Waals surface area contributed by atoms with E-state index in [0.717, 1.165) is 25.1 Å². The monoisotopic (exact) mass is 259 g/mol. The largest absolute Gasteiger partial charge is 0.497 e. The number of methoxy groups -OCH3 is 1. The molecule has 19 heavy (non-hydrogen) atoms. The van der Waals surface area contributed by atoms with Gasteiger partial charge in [0.25, 0.3) is 0 Å². The highest BCUT2D eigenvalue weighted by Crippen LogP contribution is 2.12. The molecule has 2 N–H and O–H groups in total. The number of H-pyrrole nitrogens is 1. The average Bonchev–Trinajstić information content (AvgIpc) is 2.93. The first-order valence-corrected chi connectivity index (χ1v) is 6.61. The molecule has 2 aromatic rings. The summed E-state index contributed by atoms with van der Waals surface area (Å²) in [5, 5.41) is 3.52. The quantitative estimate of drug-likeness (QED) is 0.801. The Labute approximate surface area is 114 Å². The van der Waals surface area contributed by atoms with Crippen LogP contribution in [0.25, 0.3) is 0 Å². The number of aromatic nitrogens is 2. The van der Waals surface area contributed by atoms with Crippen molar-refractivity contribution in [2.24, 2.45) is 0 Å².